The number of allylic oxidation sites excluding steroid dienone is 1. The summed E-state index contributed by atoms with van der Waals surface area (Å²) in [5.74, 6) is -0.697. The van der Waals surface area contributed by atoms with E-state index in [1.54, 1.807) is 38.3 Å². The third-order valence-electron chi connectivity index (χ3n) is 6.50. The molecule has 2 aliphatic heterocycles. The smallest absolute Gasteiger partial charge is 0.342 e. The predicted octanol–water partition coefficient (Wildman–Crippen LogP) is 5.32. The van der Waals surface area contributed by atoms with Gasteiger partial charge in [0.15, 0.2) is 0 Å². The average molecular weight is 479 g/mol. The molecule has 0 aromatic heterocycles. The standard InChI is InChI=1S/C28H30O7/c1-17-7-6-10-20(29)9-5-3-4-8-19-15-23-26(27(31)25(19)28(32)34-17)22(16-24(30)35-23)18-11-13-21(33-2)14-12-18/h4,8,11-15,17,22,31H,3,5-7,9-10,16H2,1-2H3/t17-,22+/m0/s1. The maximum Gasteiger partial charge on any atom is 0.342 e. The quantitative estimate of drug-likeness (QED) is 0.460. The summed E-state index contributed by atoms with van der Waals surface area (Å²) in [5.41, 5.74) is 1.64. The molecule has 4 rings (SSSR count). The minimum Gasteiger partial charge on any atom is -0.507 e. The maximum absolute atomic E-state index is 13.2. The number of hydrogen-bond donors (Lipinski definition) is 1. The van der Waals surface area contributed by atoms with Crippen molar-refractivity contribution >= 4 is 23.8 Å². The van der Waals surface area contributed by atoms with Crippen LogP contribution in [0.3, 0.4) is 0 Å². The molecule has 7 heteroatoms. The molecule has 0 radical (unpaired) electrons. The van der Waals surface area contributed by atoms with Gasteiger partial charge in [-0.25, -0.2) is 4.79 Å². The topological polar surface area (TPSA) is 99.1 Å². The molecule has 2 aromatic rings. The Balaban J connectivity index is 1.79. The molecule has 2 aromatic carbocycles. The van der Waals surface area contributed by atoms with Crippen LogP contribution in [0.2, 0.25) is 0 Å². The van der Waals surface area contributed by atoms with Crippen molar-refractivity contribution in [3.8, 4) is 17.2 Å². The van der Waals surface area contributed by atoms with Gasteiger partial charge in [-0.1, -0.05) is 24.3 Å². The summed E-state index contributed by atoms with van der Waals surface area (Å²) in [4.78, 5) is 37.7. The molecular formula is C28H30O7. The fourth-order valence-corrected chi connectivity index (χ4v) is 4.64. The van der Waals surface area contributed by atoms with Crippen molar-refractivity contribution in [2.24, 2.45) is 0 Å². The van der Waals surface area contributed by atoms with E-state index in [0.29, 0.717) is 55.4 Å². The predicted molar refractivity (Wildman–Crippen MR) is 130 cm³/mol. The summed E-state index contributed by atoms with van der Waals surface area (Å²) in [6, 6.07) is 8.85. The van der Waals surface area contributed by atoms with Crippen molar-refractivity contribution < 1.29 is 33.7 Å². The van der Waals surface area contributed by atoms with Gasteiger partial charge in [-0.05, 0) is 61.9 Å². The monoisotopic (exact) mass is 478 g/mol. The summed E-state index contributed by atoms with van der Waals surface area (Å²) in [6.07, 6.45) is 6.69. The van der Waals surface area contributed by atoms with Gasteiger partial charge in [-0.15, -0.1) is 0 Å². The second-order valence-corrected chi connectivity index (χ2v) is 9.05. The number of carbonyl (C=O) groups excluding carboxylic acids is 3. The van der Waals surface area contributed by atoms with Crippen LogP contribution in [0.5, 0.6) is 17.2 Å². The highest BCUT2D eigenvalue weighted by atomic mass is 16.5. The van der Waals surface area contributed by atoms with E-state index in [1.807, 2.05) is 18.2 Å². The number of hydrogen-bond acceptors (Lipinski definition) is 7. The van der Waals surface area contributed by atoms with Crippen LogP contribution in [0.25, 0.3) is 6.08 Å². The molecule has 0 fully saturated rings. The van der Waals surface area contributed by atoms with Crippen LogP contribution in [0.4, 0.5) is 0 Å². The molecular weight excluding hydrogens is 448 g/mol. The lowest BCUT2D eigenvalue weighted by Crippen LogP contribution is -2.23. The first kappa shape index (κ1) is 24.5. The van der Waals surface area contributed by atoms with Crippen molar-refractivity contribution in [1.29, 1.82) is 0 Å². The van der Waals surface area contributed by atoms with Crippen LogP contribution < -0.4 is 9.47 Å². The van der Waals surface area contributed by atoms with Gasteiger partial charge in [0.25, 0.3) is 0 Å². The van der Waals surface area contributed by atoms with E-state index in [-0.39, 0.29) is 29.3 Å². The first-order valence-corrected chi connectivity index (χ1v) is 12.0. The van der Waals surface area contributed by atoms with Crippen LogP contribution in [0.15, 0.2) is 36.4 Å². The highest BCUT2D eigenvalue weighted by molar-refractivity contribution is 5.98. The summed E-state index contributed by atoms with van der Waals surface area (Å²) >= 11 is 0. The summed E-state index contributed by atoms with van der Waals surface area (Å²) in [7, 11) is 1.57. The SMILES string of the molecule is COc1ccc([C@H]2CC(=O)Oc3cc4c(c(O)c32)C(=O)O[C@@H](C)CCCC(=O)CCCC=C4)cc1. The molecule has 0 unspecified atom stereocenters. The van der Waals surface area contributed by atoms with Crippen molar-refractivity contribution in [3.63, 3.8) is 0 Å². The molecule has 184 valence electrons. The van der Waals surface area contributed by atoms with Gasteiger partial charge >= 0.3 is 11.9 Å². The zero-order valence-electron chi connectivity index (χ0n) is 20.0. The summed E-state index contributed by atoms with van der Waals surface area (Å²) in [6.45, 7) is 1.78. The number of ether oxygens (including phenoxy) is 3. The lowest BCUT2D eigenvalue weighted by atomic mass is 9.83. The van der Waals surface area contributed by atoms with Gasteiger partial charge in [-0.2, -0.15) is 0 Å². The Bertz CT molecular complexity index is 1150. The van der Waals surface area contributed by atoms with Crippen LogP contribution in [0.1, 0.15) is 84.8 Å². The zero-order valence-corrected chi connectivity index (χ0v) is 20.0. The van der Waals surface area contributed by atoms with Crippen molar-refractivity contribution in [2.75, 3.05) is 7.11 Å². The Hall–Kier alpha value is -3.61. The Morgan fingerprint density at radius 2 is 1.80 bits per heavy atom. The van der Waals surface area contributed by atoms with Crippen LogP contribution >= 0.6 is 0 Å². The van der Waals surface area contributed by atoms with Gasteiger partial charge in [0.2, 0.25) is 0 Å². The molecule has 0 bridgehead atoms. The first-order valence-electron chi connectivity index (χ1n) is 12.0. The number of methoxy groups -OCH3 is 1. The van der Waals surface area contributed by atoms with E-state index in [0.717, 1.165) is 5.56 Å². The maximum atomic E-state index is 13.2. The number of phenols is 1. The number of rotatable bonds is 2. The van der Waals surface area contributed by atoms with Gasteiger partial charge < -0.3 is 19.3 Å². The Labute approximate surface area is 204 Å². The Morgan fingerprint density at radius 1 is 1.06 bits per heavy atom. The lowest BCUT2D eigenvalue weighted by molar-refractivity contribution is -0.135. The number of ketones is 1. The van der Waals surface area contributed by atoms with Crippen LogP contribution in [-0.4, -0.2) is 36.0 Å². The van der Waals surface area contributed by atoms with Crippen molar-refractivity contribution in [3.05, 3.63) is 58.7 Å². The molecule has 2 heterocycles. The minimum atomic E-state index is -0.647. The van der Waals surface area contributed by atoms with E-state index in [2.05, 4.69) is 0 Å². The Kier molecular flexibility index (Phi) is 7.54. The number of fused-ring (bicyclic) bond motifs is 2. The van der Waals surface area contributed by atoms with Crippen molar-refractivity contribution in [1.82, 2.24) is 0 Å². The highest BCUT2D eigenvalue weighted by Crippen LogP contribution is 2.47. The van der Waals surface area contributed by atoms with Crippen LogP contribution in [-0.2, 0) is 14.3 Å². The number of aromatic hydroxyl groups is 1. The zero-order chi connectivity index (χ0) is 24.9. The number of benzene rings is 2. The molecule has 2 aliphatic rings. The first-order chi connectivity index (χ1) is 16.9. The Morgan fingerprint density at radius 3 is 2.54 bits per heavy atom. The molecule has 0 spiro atoms. The van der Waals surface area contributed by atoms with Gasteiger partial charge in [0.1, 0.15) is 28.6 Å². The fourth-order valence-electron chi connectivity index (χ4n) is 4.64. The molecule has 0 amide bonds. The second-order valence-electron chi connectivity index (χ2n) is 9.05. The number of Topliss-reactive ketones (excluding diaryl/α,β-unsaturated/α-hetero) is 1. The molecule has 2 atom stereocenters. The molecule has 0 aliphatic carbocycles. The molecule has 1 N–H and O–H groups in total. The van der Waals surface area contributed by atoms with E-state index in [1.165, 1.54) is 0 Å². The highest BCUT2D eigenvalue weighted by Gasteiger charge is 2.35. The summed E-state index contributed by atoms with van der Waals surface area (Å²) < 4.78 is 16.4. The summed E-state index contributed by atoms with van der Waals surface area (Å²) in [5, 5.41) is 11.4. The number of phenolic OH excluding ortho intramolecular Hbond substituents is 1. The van der Waals surface area contributed by atoms with E-state index < -0.39 is 24.0 Å². The number of carbonyl (C=O) groups is 3. The molecule has 0 saturated heterocycles. The largest absolute Gasteiger partial charge is 0.507 e. The van der Waals surface area contributed by atoms with Gasteiger partial charge in [-0.3, -0.25) is 9.59 Å². The number of esters is 2. The third kappa shape index (κ3) is 5.56. The lowest BCUT2D eigenvalue weighted by Gasteiger charge is -2.27. The van der Waals surface area contributed by atoms with Crippen molar-refractivity contribution in [2.45, 2.75) is 63.9 Å². The van der Waals surface area contributed by atoms with E-state index >= 15 is 0 Å². The molecule has 35 heavy (non-hydrogen) atoms. The number of cyclic esters (lactones) is 1. The second kappa shape index (κ2) is 10.8. The van der Waals surface area contributed by atoms with Gasteiger partial charge in [0.05, 0.1) is 19.6 Å². The molecule has 0 saturated carbocycles. The average Bonchev–Trinajstić information content (AvgIpc) is 2.82. The van der Waals surface area contributed by atoms with Crippen LogP contribution in [0, 0.1) is 0 Å². The fraction of sp³-hybridized carbons (Fsp3) is 0.393. The normalized spacial score (nSPS) is 21.3. The third-order valence-corrected chi connectivity index (χ3v) is 6.50. The van der Waals surface area contributed by atoms with E-state index in [4.69, 9.17) is 14.2 Å². The minimum absolute atomic E-state index is 0.0288. The molecule has 7 nitrogen and oxygen atoms in total. The van der Waals surface area contributed by atoms with E-state index in [9.17, 15) is 19.5 Å². The van der Waals surface area contributed by atoms with Gasteiger partial charge in [0, 0.05) is 24.3 Å².